The molecule has 2 aliphatic heterocycles. The number of ether oxygens (including phenoxy) is 1. The second kappa shape index (κ2) is 10.6. The summed E-state index contributed by atoms with van der Waals surface area (Å²) >= 11 is 0. The Morgan fingerprint density at radius 3 is 2.36 bits per heavy atom. The van der Waals surface area contributed by atoms with Gasteiger partial charge in [0.2, 0.25) is 0 Å². The summed E-state index contributed by atoms with van der Waals surface area (Å²) in [5.74, 6) is -1.50. The zero-order valence-electron chi connectivity index (χ0n) is 24.2. The first-order valence-electron chi connectivity index (χ1n) is 14.6. The van der Waals surface area contributed by atoms with Gasteiger partial charge in [0.1, 0.15) is 41.4 Å². The molecule has 0 spiro atoms. The lowest BCUT2D eigenvalue weighted by Gasteiger charge is -2.39. The van der Waals surface area contributed by atoms with Crippen molar-refractivity contribution in [2.75, 3.05) is 6.61 Å². The summed E-state index contributed by atoms with van der Waals surface area (Å²) in [6, 6.07) is 12.3. The van der Waals surface area contributed by atoms with Gasteiger partial charge in [0.25, 0.3) is 18.1 Å². The second-order valence-corrected chi connectivity index (χ2v) is 11.5. The van der Waals surface area contributed by atoms with Crippen LogP contribution in [0.15, 0.2) is 60.9 Å². The summed E-state index contributed by atoms with van der Waals surface area (Å²) in [5, 5.41) is 64.6. The molecule has 240 valence electrons. The Bertz CT molecular complexity index is 2250. The van der Waals surface area contributed by atoms with Gasteiger partial charge in [-0.25, -0.2) is 10.4 Å². The van der Waals surface area contributed by atoms with Crippen molar-refractivity contribution < 1.29 is 49.8 Å². The van der Waals surface area contributed by atoms with Crippen molar-refractivity contribution in [3.05, 3.63) is 77.6 Å². The molecule has 47 heavy (non-hydrogen) atoms. The van der Waals surface area contributed by atoms with Crippen molar-refractivity contribution in [2.24, 2.45) is 0 Å². The third-order valence-corrected chi connectivity index (χ3v) is 8.73. The number of carbonyl (C=O) groups is 2. The molecule has 0 saturated carbocycles. The fraction of sp³-hybridized carbons (Fsp3) is 0.219. The summed E-state index contributed by atoms with van der Waals surface area (Å²) in [4.78, 5) is 41.9. The molecule has 6 aromatic rings. The van der Waals surface area contributed by atoms with Crippen molar-refractivity contribution in [1.82, 2.24) is 25.1 Å². The molecule has 2 amide bonds. The minimum absolute atomic E-state index is 0.0389. The maximum atomic E-state index is 14.2. The number of aliphatic hydroxyl groups is 4. The van der Waals surface area contributed by atoms with Crippen molar-refractivity contribution in [2.45, 2.75) is 37.3 Å². The number of phenols is 2. The number of fused-ring (bicyclic) bond motifs is 10. The van der Waals surface area contributed by atoms with E-state index in [9.17, 15) is 40.2 Å². The fourth-order valence-corrected chi connectivity index (χ4v) is 6.53. The quantitative estimate of drug-likeness (QED) is 0.118. The van der Waals surface area contributed by atoms with Crippen LogP contribution in [0.3, 0.4) is 0 Å². The molecule has 0 bridgehead atoms. The van der Waals surface area contributed by atoms with Crippen molar-refractivity contribution in [1.29, 1.82) is 0 Å². The van der Waals surface area contributed by atoms with Gasteiger partial charge < -0.3 is 45.2 Å². The van der Waals surface area contributed by atoms with Crippen LogP contribution in [0.5, 0.6) is 11.5 Å². The molecule has 3 aromatic carbocycles. The minimum atomic E-state index is -1.78. The number of phenolic OH excluding ortho intramolecular Hbond substituents is 2. The highest BCUT2D eigenvalue weighted by atomic mass is 16.8. The van der Waals surface area contributed by atoms with Gasteiger partial charge in [0.15, 0.2) is 0 Å². The number of H-pyrrole nitrogens is 1. The topological polar surface area (TPSA) is 223 Å². The van der Waals surface area contributed by atoms with Crippen LogP contribution in [0.1, 0.15) is 26.3 Å². The zero-order valence-corrected chi connectivity index (χ0v) is 24.2. The first-order chi connectivity index (χ1) is 22.7. The highest BCUT2D eigenvalue weighted by molar-refractivity contribution is 6.39. The number of amides is 2. The lowest BCUT2D eigenvalue weighted by molar-refractivity contribution is -0.298. The molecule has 0 aliphatic carbocycles. The van der Waals surface area contributed by atoms with E-state index in [4.69, 9.17) is 9.57 Å². The van der Waals surface area contributed by atoms with Gasteiger partial charge in [0, 0.05) is 52.6 Å². The number of nitrogens with one attached hydrogen (secondary N) is 2. The molecule has 15 nitrogen and oxygen atoms in total. The van der Waals surface area contributed by atoms with E-state index in [0.717, 1.165) is 10.6 Å². The summed E-state index contributed by atoms with van der Waals surface area (Å²) in [5.41, 5.74) is 4.93. The second-order valence-electron chi connectivity index (χ2n) is 11.5. The number of rotatable bonds is 6. The number of aliphatic hydroxyl groups excluding tert-OH is 4. The number of hydrogen-bond acceptors (Lipinski definition) is 12. The number of aromatic hydroxyl groups is 2. The molecular weight excluding hydrogens is 614 g/mol. The summed E-state index contributed by atoms with van der Waals surface area (Å²) in [6.45, 7) is -0.580. The van der Waals surface area contributed by atoms with Crippen LogP contribution >= 0.6 is 0 Å². The van der Waals surface area contributed by atoms with E-state index < -0.39 is 49.1 Å². The molecule has 8 rings (SSSR count). The monoisotopic (exact) mass is 641 g/mol. The Labute approximate surface area is 263 Å². The Morgan fingerprint density at radius 1 is 0.915 bits per heavy atom. The van der Waals surface area contributed by atoms with Gasteiger partial charge in [-0.15, -0.1) is 0 Å². The average molecular weight is 642 g/mol. The lowest BCUT2D eigenvalue weighted by atomic mass is 9.96. The van der Waals surface area contributed by atoms with E-state index in [2.05, 4.69) is 15.4 Å². The molecule has 0 radical (unpaired) electrons. The molecule has 8 N–H and O–H groups in total. The minimum Gasteiger partial charge on any atom is -0.508 e. The number of nitrogens with zero attached hydrogens (tertiary/aromatic N) is 3. The van der Waals surface area contributed by atoms with Gasteiger partial charge in [-0.3, -0.25) is 14.6 Å². The normalized spacial score (nSPS) is 23.1. The largest absolute Gasteiger partial charge is 0.508 e. The molecule has 3 aromatic heterocycles. The van der Waals surface area contributed by atoms with Crippen LogP contribution in [0.4, 0.5) is 0 Å². The summed E-state index contributed by atoms with van der Waals surface area (Å²) in [7, 11) is 0. The van der Waals surface area contributed by atoms with Crippen molar-refractivity contribution in [3.63, 3.8) is 0 Å². The van der Waals surface area contributed by atoms with E-state index in [1.807, 2.05) is 0 Å². The number of carbonyl (C=O) groups excluding carboxylic acids is 2. The van der Waals surface area contributed by atoms with Crippen molar-refractivity contribution >= 4 is 55.4 Å². The Kier molecular flexibility index (Phi) is 6.59. The number of hydrazine groups is 1. The molecule has 2 aliphatic rings. The van der Waals surface area contributed by atoms with Crippen LogP contribution in [-0.4, -0.2) is 99.5 Å². The molecule has 0 unspecified atom stereocenters. The van der Waals surface area contributed by atoms with Crippen LogP contribution in [0, 0.1) is 0 Å². The Hall–Kier alpha value is -5.29. The number of benzene rings is 3. The molecule has 5 atom stereocenters. The number of pyridine rings is 1. The smallest absolute Gasteiger partial charge is 0.276 e. The maximum absolute atomic E-state index is 14.2. The van der Waals surface area contributed by atoms with Crippen molar-refractivity contribution in [3.8, 4) is 11.5 Å². The highest BCUT2D eigenvalue weighted by Gasteiger charge is 2.46. The number of aromatic nitrogens is 3. The first-order valence-corrected chi connectivity index (χ1v) is 14.6. The van der Waals surface area contributed by atoms with Gasteiger partial charge in [-0.05, 0) is 35.9 Å². The van der Waals surface area contributed by atoms with Gasteiger partial charge in [-0.2, -0.15) is 4.73 Å². The Balaban J connectivity index is 1.40. The van der Waals surface area contributed by atoms with Crippen LogP contribution in [-0.2, 0) is 11.3 Å². The van der Waals surface area contributed by atoms with E-state index in [-0.39, 0.29) is 45.6 Å². The van der Waals surface area contributed by atoms with Gasteiger partial charge in [-0.1, -0.05) is 6.07 Å². The van der Waals surface area contributed by atoms with E-state index in [1.165, 1.54) is 29.0 Å². The van der Waals surface area contributed by atoms with E-state index in [0.29, 0.717) is 27.2 Å². The summed E-state index contributed by atoms with van der Waals surface area (Å²) in [6.07, 6.45) is -4.87. The maximum Gasteiger partial charge on any atom is 0.276 e. The predicted molar refractivity (Wildman–Crippen MR) is 164 cm³/mol. The predicted octanol–water partition coefficient (Wildman–Crippen LogP) is 0.765. The summed E-state index contributed by atoms with van der Waals surface area (Å²) < 4.78 is 6.84. The standard InChI is InChI=1S/C32H27N5O10/c38-12-20-27(41)28(42)29(43)32(46-20)47-37-19-9-15(40)4-6-17(19)22-24-23(21-16-5-3-14(39)8-18(16)35-25(21)26(22)37)30(44)36(31(24)45)34-11-13-2-1-7-33-10-13/h1-10,20,27-29,32,34-35,38-43H,11-12H2/t20-,27-,28+,29-,32+/m1/s1. The molecule has 5 heterocycles. The van der Waals surface area contributed by atoms with E-state index >= 15 is 0 Å². The number of hydrogen-bond donors (Lipinski definition) is 8. The zero-order chi connectivity index (χ0) is 32.7. The van der Waals surface area contributed by atoms with Gasteiger partial charge in [0.05, 0.1) is 34.3 Å². The fourth-order valence-electron chi connectivity index (χ4n) is 6.53. The SMILES string of the molecule is O=C1c2c(c3c4ccc(O)cc4n(O[C@@H]4O[C@H](CO)[C@@H](O)[C@H](O)[C@H]4O)c3c3[nH]c4cc(O)ccc4c23)C(=O)N1NCc1cccnc1. The Morgan fingerprint density at radius 2 is 1.64 bits per heavy atom. The first kappa shape index (κ1) is 29.1. The number of aromatic amines is 1. The molecule has 1 fully saturated rings. The van der Waals surface area contributed by atoms with E-state index in [1.54, 1.807) is 36.7 Å². The molecule has 15 heteroatoms. The highest BCUT2D eigenvalue weighted by Crippen LogP contribution is 2.45. The third kappa shape index (κ3) is 4.26. The number of imide groups is 1. The van der Waals surface area contributed by atoms with Crippen LogP contribution in [0.2, 0.25) is 0 Å². The lowest BCUT2D eigenvalue weighted by Crippen LogP contribution is -2.61. The third-order valence-electron chi connectivity index (χ3n) is 8.73. The molecule has 1 saturated heterocycles. The van der Waals surface area contributed by atoms with Gasteiger partial charge >= 0.3 is 0 Å². The van der Waals surface area contributed by atoms with Crippen LogP contribution in [0.25, 0.3) is 43.6 Å². The average Bonchev–Trinajstić information content (AvgIpc) is 3.67. The molecular formula is C32H27N5O10. The van der Waals surface area contributed by atoms with Crippen LogP contribution < -0.4 is 10.3 Å².